The summed E-state index contributed by atoms with van der Waals surface area (Å²) in [5.41, 5.74) is 12.4. The summed E-state index contributed by atoms with van der Waals surface area (Å²) in [6.07, 6.45) is 21.4. The van der Waals surface area contributed by atoms with Gasteiger partial charge < -0.3 is 51.0 Å². The van der Waals surface area contributed by atoms with E-state index in [1.807, 2.05) is 98.2 Å². The number of hydrogen-bond acceptors (Lipinski definition) is 17. The van der Waals surface area contributed by atoms with Crippen LogP contribution in [0, 0.1) is 45.4 Å². The molecule has 4 aromatic heterocycles. The number of pyridine rings is 1. The molecule has 94 heavy (non-hydrogen) atoms. The summed E-state index contributed by atoms with van der Waals surface area (Å²) in [5.74, 6) is 1.71. The first-order valence-corrected chi connectivity index (χ1v) is 31.8. The van der Waals surface area contributed by atoms with Gasteiger partial charge in [-0.05, 0) is 233 Å². The molecule has 0 aliphatic carbocycles. The number of carboxylic acids is 1. The molecule has 8 heterocycles. The van der Waals surface area contributed by atoms with Crippen molar-refractivity contribution >= 4 is 58.9 Å². The molecule has 2 aromatic carbocycles. The fourth-order valence-corrected chi connectivity index (χ4v) is 9.76. The number of likely N-dealkylation sites (tertiary alicyclic amines) is 3. The van der Waals surface area contributed by atoms with Crippen LogP contribution in [0.4, 0.5) is 21.0 Å². The Kier molecular flexibility index (Phi) is 30.3. The van der Waals surface area contributed by atoms with Gasteiger partial charge in [-0.3, -0.25) is 19.4 Å². The van der Waals surface area contributed by atoms with Crippen molar-refractivity contribution in [3.8, 4) is 0 Å². The highest BCUT2D eigenvalue weighted by molar-refractivity contribution is 6.28. The number of aromatic carboxylic acids is 1. The molecule has 4 saturated heterocycles. The second-order valence-corrected chi connectivity index (χ2v) is 25.8. The van der Waals surface area contributed by atoms with E-state index in [1.54, 1.807) is 46.5 Å². The van der Waals surface area contributed by atoms with E-state index in [9.17, 15) is 28.8 Å². The maximum atomic E-state index is 12.7. The number of carboxylic acid groups (broad SMARTS) is 1. The van der Waals surface area contributed by atoms with Crippen LogP contribution < -0.4 is 21.7 Å². The zero-order valence-corrected chi connectivity index (χ0v) is 56.7. The van der Waals surface area contributed by atoms with E-state index in [1.165, 1.54) is 54.6 Å². The second-order valence-electron chi connectivity index (χ2n) is 25.5. The summed E-state index contributed by atoms with van der Waals surface area (Å²) in [5, 5.41) is 17.5. The van der Waals surface area contributed by atoms with Gasteiger partial charge in [0.2, 0.25) is 17.1 Å². The first kappa shape index (κ1) is 75.7. The number of ether oxygens (including phenoxy) is 2. The van der Waals surface area contributed by atoms with E-state index < -0.39 is 17.2 Å². The average molecular weight is 1310 g/mol. The summed E-state index contributed by atoms with van der Waals surface area (Å²) < 4.78 is 10.6. The van der Waals surface area contributed by atoms with Gasteiger partial charge in [0.15, 0.2) is 0 Å². The topological polar surface area (TPSA) is 303 Å². The van der Waals surface area contributed by atoms with Crippen LogP contribution in [-0.4, -0.2) is 160 Å². The van der Waals surface area contributed by atoms with E-state index in [0.29, 0.717) is 47.1 Å². The van der Waals surface area contributed by atoms with Crippen LogP contribution >= 0.6 is 11.6 Å². The fourth-order valence-electron chi connectivity index (χ4n) is 9.66. The molecule has 0 saturated carbocycles. The second kappa shape index (κ2) is 37.6. The van der Waals surface area contributed by atoms with Crippen molar-refractivity contribution in [2.45, 2.75) is 131 Å². The summed E-state index contributed by atoms with van der Waals surface area (Å²) in [7, 11) is 0. The molecular formula is C70H93ClN14O9. The van der Waals surface area contributed by atoms with Crippen LogP contribution in [0.1, 0.15) is 128 Å². The summed E-state index contributed by atoms with van der Waals surface area (Å²) in [6.45, 7) is 32.5. The maximum absolute atomic E-state index is 12.7. The Bertz CT molecular complexity index is 3360. The van der Waals surface area contributed by atoms with Crippen LogP contribution in [-0.2, 0) is 38.3 Å². The third-order valence-corrected chi connectivity index (χ3v) is 14.7. The van der Waals surface area contributed by atoms with Crippen LogP contribution in [0.25, 0.3) is 0 Å². The minimum absolute atomic E-state index is 0.0129. The van der Waals surface area contributed by atoms with E-state index in [4.69, 9.17) is 31.9 Å². The Labute approximate surface area is 557 Å². The van der Waals surface area contributed by atoms with Crippen LogP contribution in [0.2, 0.25) is 5.28 Å². The predicted molar refractivity (Wildman–Crippen MR) is 364 cm³/mol. The number of nitrogens with one attached hydrogen (secondary N) is 3. The molecule has 10 rings (SSSR count). The predicted octanol–water partition coefficient (Wildman–Crippen LogP) is 10.6. The van der Waals surface area contributed by atoms with Gasteiger partial charge in [0.1, 0.15) is 22.9 Å². The number of carbonyl (C=O) groups excluding carboxylic acids is 5. The molecule has 4 atom stereocenters. The molecule has 0 spiro atoms. The zero-order chi connectivity index (χ0) is 69.0. The molecule has 0 unspecified atom stereocenters. The fraction of sp³-hybridized carbons (Fsp3) is 0.443. The van der Waals surface area contributed by atoms with Gasteiger partial charge >= 0.3 is 18.2 Å². The Morgan fingerprint density at radius 3 is 1.38 bits per heavy atom. The number of aromatic nitrogens is 7. The Morgan fingerprint density at radius 2 is 0.989 bits per heavy atom. The molecule has 23 nitrogen and oxygen atoms in total. The number of amides is 5. The third-order valence-electron chi connectivity index (χ3n) is 14.6. The highest BCUT2D eigenvalue weighted by atomic mass is 35.5. The van der Waals surface area contributed by atoms with Crippen molar-refractivity contribution in [3.63, 3.8) is 0 Å². The monoisotopic (exact) mass is 1310 g/mol. The molecule has 0 radical (unpaired) electrons. The standard InChI is InChI=1S/C20H22N4O2.C15H23N3O2.C11H16N2.C10H9NO3.C9H18N2O2.C5H5ClN2/c1-3-19(25)23-17-6-4-16(5-7-17)20(26)24-9-8-15(13-24)10-18-21-11-14(2)12-22-18;1-11-8-16-13(17-9-11)7-12-5-6-18(10-12)14(19)20-15(2,3)4;1-9-2-3-11(13-7-9)6-10-4-5-12-8-10;1-2-9(12)11-8-5-3-7(4-6-8)10(13)14;1-9(2,3)13-8(12)11-5-4-7(10)6-11;1-4-2-7-5(6)8-3-4/h3-7,11-12,15H,1,8-10,13H2,2H3,(H,23,25);8-9,12H,5-7,10H2,1-4H3;2-3,7,10,12H,4-6,8H2,1H3;2-6H,1H2,(H,11,12)(H,13,14);7H,4-6,10H2,1-3H3;2-3H,1H3/t15-;12-;10-;;7-;/m000.1./s1. The van der Waals surface area contributed by atoms with Crippen LogP contribution in [0.5, 0.6) is 0 Å². The van der Waals surface area contributed by atoms with Crippen LogP contribution in [0.3, 0.4) is 0 Å². The van der Waals surface area contributed by atoms with Gasteiger partial charge in [-0.2, -0.15) is 0 Å². The molecule has 4 aliphatic rings. The molecular weight excluding hydrogens is 1220 g/mol. The van der Waals surface area contributed by atoms with Crippen molar-refractivity contribution < 1.29 is 43.3 Å². The number of rotatable bonds is 12. The lowest BCUT2D eigenvalue weighted by atomic mass is 10.0. The Balaban J connectivity index is 0.000000212. The SMILES string of the molecule is C=CC(=O)Nc1ccc(C(=O)N2CC[C@@H](Cc3ncc(C)cn3)C2)cc1.C=CC(=O)Nc1ccc(C(=O)O)cc1.CC(C)(C)OC(=O)N1CC[C@@H](N)C1.Cc1ccc(C[C@@H]2CCNC2)nc1.Cc1cnc(C[C@@H]2CCN(C(=O)OC(C)(C)C)C2)nc1.Cc1cnc(Cl)nc1. The highest BCUT2D eigenvalue weighted by Crippen LogP contribution is 2.24. The minimum Gasteiger partial charge on any atom is -0.478 e. The number of hydrogen-bond donors (Lipinski definition) is 5. The van der Waals surface area contributed by atoms with Crippen molar-refractivity contribution in [3.05, 3.63) is 185 Å². The molecule has 5 amide bonds. The maximum Gasteiger partial charge on any atom is 0.410 e. The quantitative estimate of drug-likeness (QED) is 0.0562. The first-order chi connectivity index (χ1) is 44.5. The largest absolute Gasteiger partial charge is 0.478 e. The van der Waals surface area contributed by atoms with E-state index in [0.717, 1.165) is 112 Å². The van der Waals surface area contributed by atoms with Crippen molar-refractivity contribution in [2.24, 2.45) is 23.5 Å². The van der Waals surface area contributed by atoms with Gasteiger partial charge in [0.05, 0.1) is 5.56 Å². The Morgan fingerprint density at radius 1 is 0.564 bits per heavy atom. The first-order valence-electron chi connectivity index (χ1n) is 31.5. The number of carbonyl (C=O) groups is 6. The van der Waals surface area contributed by atoms with Crippen molar-refractivity contribution in [1.82, 2.24) is 54.9 Å². The lowest BCUT2D eigenvalue weighted by molar-refractivity contribution is -0.112. The van der Waals surface area contributed by atoms with Crippen LogP contribution in [0.15, 0.2) is 129 Å². The number of nitrogens with two attached hydrogens (primary N) is 1. The van der Waals surface area contributed by atoms with Gasteiger partial charge in [-0.25, -0.2) is 44.3 Å². The van der Waals surface area contributed by atoms with Gasteiger partial charge in [-0.15, -0.1) is 0 Å². The lowest BCUT2D eigenvalue weighted by Crippen LogP contribution is -2.36. The molecule has 6 aromatic rings. The molecule has 24 heteroatoms. The van der Waals surface area contributed by atoms with Crippen molar-refractivity contribution in [1.29, 1.82) is 0 Å². The molecule has 504 valence electrons. The number of halogens is 1. The molecule has 0 bridgehead atoms. The molecule has 4 aliphatic heterocycles. The van der Waals surface area contributed by atoms with Crippen molar-refractivity contribution in [2.75, 3.05) is 63.0 Å². The van der Waals surface area contributed by atoms with Gasteiger partial charge in [-0.1, -0.05) is 19.2 Å². The minimum atomic E-state index is -0.994. The number of nitrogens with zero attached hydrogens (tertiary/aromatic N) is 10. The highest BCUT2D eigenvalue weighted by Gasteiger charge is 2.31. The number of benzene rings is 2. The van der Waals surface area contributed by atoms with Gasteiger partial charge in [0.25, 0.3) is 5.91 Å². The smallest absolute Gasteiger partial charge is 0.410 e. The Hall–Kier alpha value is -9.06. The van der Waals surface area contributed by atoms with E-state index in [2.05, 4.69) is 83.1 Å². The zero-order valence-electron chi connectivity index (χ0n) is 55.9. The lowest BCUT2D eigenvalue weighted by Gasteiger charge is -2.24. The third kappa shape index (κ3) is 28.8. The average Bonchev–Trinajstić information content (AvgIpc) is 1.69. The summed E-state index contributed by atoms with van der Waals surface area (Å²) in [6, 6.07) is 17.2. The van der Waals surface area contributed by atoms with E-state index >= 15 is 0 Å². The number of aryl methyl sites for hydroxylation is 4. The summed E-state index contributed by atoms with van der Waals surface area (Å²) >= 11 is 5.39. The van der Waals surface area contributed by atoms with E-state index in [-0.39, 0.29) is 41.5 Å². The molecule has 6 N–H and O–H groups in total. The summed E-state index contributed by atoms with van der Waals surface area (Å²) in [4.78, 5) is 103. The normalized spacial score (nSPS) is 17.0. The number of anilines is 2. The molecule has 4 fully saturated rings. The van der Waals surface area contributed by atoms with Gasteiger partial charge in [0, 0.05) is 124 Å².